The van der Waals surface area contributed by atoms with Crippen LogP contribution in [0.3, 0.4) is 0 Å². The Balaban J connectivity index is 1.93. The molecule has 1 aromatic rings. The van der Waals surface area contributed by atoms with Gasteiger partial charge in [-0.3, -0.25) is 0 Å². The fraction of sp³-hybridized carbons (Fsp3) is 0.667. The van der Waals surface area contributed by atoms with Gasteiger partial charge in [-0.1, -0.05) is 0 Å². The summed E-state index contributed by atoms with van der Waals surface area (Å²) in [5.41, 5.74) is 1.22. The van der Waals surface area contributed by atoms with Crippen molar-refractivity contribution in [2.24, 2.45) is 0 Å². The summed E-state index contributed by atoms with van der Waals surface area (Å²) >= 11 is 0. The summed E-state index contributed by atoms with van der Waals surface area (Å²) < 4.78 is 10.9. The third-order valence-electron chi connectivity index (χ3n) is 3.15. The van der Waals surface area contributed by atoms with Gasteiger partial charge in [-0.05, 0) is 32.1 Å². The molecule has 4 heteroatoms. The summed E-state index contributed by atoms with van der Waals surface area (Å²) in [7, 11) is 4.13. The summed E-state index contributed by atoms with van der Waals surface area (Å²) in [6.45, 7) is 2.84. The second-order valence-electron chi connectivity index (χ2n) is 4.40. The smallest absolute Gasteiger partial charge is 0.0935 e. The number of rotatable bonds is 4. The molecule has 1 aromatic heterocycles. The monoisotopic (exact) mass is 224 g/mol. The Kier molecular flexibility index (Phi) is 3.98. The lowest BCUT2D eigenvalue weighted by atomic mass is 10.0. The van der Waals surface area contributed by atoms with Crippen LogP contribution in [0.15, 0.2) is 23.0 Å². The molecule has 0 saturated carbocycles. The number of hydrogen-bond donors (Lipinski definition) is 1. The third kappa shape index (κ3) is 2.84. The fourth-order valence-electron chi connectivity index (χ4n) is 2.14. The van der Waals surface area contributed by atoms with E-state index in [9.17, 15) is 0 Å². The third-order valence-corrected chi connectivity index (χ3v) is 3.15. The summed E-state index contributed by atoms with van der Waals surface area (Å²) in [5, 5.41) is 3.34. The Morgan fingerprint density at radius 3 is 3.12 bits per heavy atom. The van der Waals surface area contributed by atoms with Gasteiger partial charge in [-0.25, -0.2) is 0 Å². The van der Waals surface area contributed by atoms with Crippen LogP contribution in [0.2, 0.25) is 0 Å². The molecule has 1 N–H and O–H groups in total. The molecule has 2 rings (SSSR count). The Hall–Kier alpha value is -0.840. The number of furan rings is 1. The molecule has 2 unspecified atom stereocenters. The molecular weight excluding hydrogens is 204 g/mol. The van der Waals surface area contributed by atoms with E-state index in [0.717, 1.165) is 26.1 Å². The highest BCUT2D eigenvalue weighted by atomic mass is 16.5. The van der Waals surface area contributed by atoms with Gasteiger partial charge in [-0.15, -0.1) is 0 Å². The molecule has 0 amide bonds. The first-order chi connectivity index (χ1) is 7.79. The van der Waals surface area contributed by atoms with Gasteiger partial charge in [-0.2, -0.15) is 0 Å². The number of morpholine rings is 1. The van der Waals surface area contributed by atoms with Crippen LogP contribution >= 0.6 is 0 Å². The highest BCUT2D eigenvalue weighted by Gasteiger charge is 2.25. The first-order valence-electron chi connectivity index (χ1n) is 5.78. The average Bonchev–Trinajstić information content (AvgIpc) is 2.78. The molecule has 1 aliphatic rings. The number of hydrogen-bond acceptors (Lipinski definition) is 4. The minimum Gasteiger partial charge on any atom is -0.472 e. The van der Waals surface area contributed by atoms with Gasteiger partial charge >= 0.3 is 0 Å². The predicted molar refractivity (Wildman–Crippen MR) is 62.5 cm³/mol. The minimum absolute atomic E-state index is 0.263. The van der Waals surface area contributed by atoms with E-state index in [-0.39, 0.29) is 6.10 Å². The first kappa shape index (κ1) is 11.6. The Bertz CT molecular complexity index is 300. The normalized spacial score (nSPS) is 24.5. The van der Waals surface area contributed by atoms with Crippen LogP contribution in [0.1, 0.15) is 5.56 Å². The van der Waals surface area contributed by atoms with Crippen LogP contribution < -0.4 is 5.32 Å². The van der Waals surface area contributed by atoms with Gasteiger partial charge in [0, 0.05) is 19.1 Å². The fourth-order valence-corrected chi connectivity index (χ4v) is 2.14. The summed E-state index contributed by atoms with van der Waals surface area (Å²) in [4.78, 5) is 2.31. The van der Waals surface area contributed by atoms with Crippen LogP contribution in [0, 0.1) is 0 Å². The minimum atomic E-state index is 0.263. The topological polar surface area (TPSA) is 37.6 Å². The van der Waals surface area contributed by atoms with Crippen molar-refractivity contribution in [3.63, 3.8) is 0 Å². The number of ether oxygens (including phenoxy) is 1. The van der Waals surface area contributed by atoms with Crippen LogP contribution in [0.4, 0.5) is 0 Å². The van der Waals surface area contributed by atoms with Crippen LogP contribution in [0.25, 0.3) is 0 Å². The highest BCUT2D eigenvalue weighted by molar-refractivity contribution is 5.08. The Morgan fingerprint density at radius 1 is 1.62 bits per heavy atom. The highest BCUT2D eigenvalue weighted by Crippen LogP contribution is 2.12. The number of nitrogens with zero attached hydrogens (tertiary/aromatic N) is 1. The van der Waals surface area contributed by atoms with Gasteiger partial charge in [0.2, 0.25) is 0 Å². The van der Waals surface area contributed by atoms with Gasteiger partial charge in [0.05, 0.1) is 25.2 Å². The summed E-state index contributed by atoms with van der Waals surface area (Å²) in [6.07, 6.45) is 4.73. The molecule has 1 aliphatic heterocycles. The van der Waals surface area contributed by atoms with Crippen molar-refractivity contribution >= 4 is 0 Å². The number of nitrogens with one attached hydrogen (secondary N) is 1. The standard InChI is InChI=1S/C12H20N2O2/c1-13-11(7-10-3-5-15-9-10)12-8-14(2)4-6-16-12/h3,5,9,11-13H,4,6-8H2,1-2H3. The van der Waals surface area contributed by atoms with E-state index in [1.165, 1.54) is 5.56 Å². The first-order valence-corrected chi connectivity index (χ1v) is 5.78. The summed E-state index contributed by atoms with van der Waals surface area (Å²) in [5.74, 6) is 0. The van der Waals surface area contributed by atoms with Crippen molar-refractivity contribution in [1.29, 1.82) is 0 Å². The predicted octanol–water partition coefficient (Wildman–Crippen LogP) is 0.741. The largest absolute Gasteiger partial charge is 0.472 e. The van der Waals surface area contributed by atoms with Crippen molar-refractivity contribution in [3.8, 4) is 0 Å². The molecule has 0 radical (unpaired) electrons. The molecule has 2 heterocycles. The Labute approximate surface area is 96.6 Å². The zero-order chi connectivity index (χ0) is 11.4. The van der Waals surface area contributed by atoms with Crippen LogP contribution in [-0.4, -0.2) is 50.8 Å². The van der Waals surface area contributed by atoms with Gasteiger partial charge < -0.3 is 19.4 Å². The Morgan fingerprint density at radius 2 is 2.50 bits per heavy atom. The van der Waals surface area contributed by atoms with Crippen molar-refractivity contribution in [2.75, 3.05) is 33.8 Å². The van der Waals surface area contributed by atoms with Crippen molar-refractivity contribution in [1.82, 2.24) is 10.2 Å². The molecule has 0 aromatic carbocycles. The van der Waals surface area contributed by atoms with Crippen molar-refractivity contribution in [2.45, 2.75) is 18.6 Å². The lowest BCUT2D eigenvalue weighted by Gasteiger charge is -2.35. The van der Waals surface area contributed by atoms with E-state index in [4.69, 9.17) is 9.15 Å². The van der Waals surface area contributed by atoms with Crippen molar-refractivity contribution in [3.05, 3.63) is 24.2 Å². The second-order valence-corrected chi connectivity index (χ2v) is 4.40. The molecule has 2 atom stereocenters. The lowest BCUT2D eigenvalue weighted by molar-refractivity contribution is -0.0372. The maximum absolute atomic E-state index is 5.82. The van der Waals surface area contributed by atoms with E-state index in [2.05, 4.69) is 17.3 Å². The van der Waals surface area contributed by atoms with E-state index in [0.29, 0.717) is 6.04 Å². The second kappa shape index (κ2) is 5.48. The van der Waals surface area contributed by atoms with Gasteiger partial charge in [0.1, 0.15) is 0 Å². The van der Waals surface area contributed by atoms with E-state index in [1.54, 1.807) is 12.5 Å². The van der Waals surface area contributed by atoms with E-state index >= 15 is 0 Å². The average molecular weight is 224 g/mol. The molecule has 90 valence electrons. The zero-order valence-electron chi connectivity index (χ0n) is 9.98. The molecule has 1 fully saturated rings. The summed E-state index contributed by atoms with van der Waals surface area (Å²) in [6, 6.07) is 2.36. The molecule has 4 nitrogen and oxygen atoms in total. The zero-order valence-corrected chi connectivity index (χ0v) is 9.98. The van der Waals surface area contributed by atoms with E-state index in [1.807, 2.05) is 13.1 Å². The van der Waals surface area contributed by atoms with Crippen LogP contribution in [-0.2, 0) is 11.2 Å². The molecule has 1 saturated heterocycles. The van der Waals surface area contributed by atoms with E-state index < -0.39 is 0 Å². The maximum Gasteiger partial charge on any atom is 0.0935 e. The van der Waals surface area contributed by atoms with Gasteiger partial charge in [0.15, 0.2) is 0 Å². The lowest BCUT2D eigenvalue weighted by Crippen LogP contribution is -2.51. The number of likely N-dealkylation sites (N-methyl/N-ethyl adjacent to an activating group) is 2. The van der Waals surface area contributed by atoms with Crippen molar-refractivity contribution < 1.29 is 9.15 Å². The molecular formula is C12H20N2O2. The maximum atomic E-state index is 5.82. The molecule has 0 bridgehead atoms. The SMILES string of the molecule is CNC(Cc1ccoc1)C1CN(C)CCO1. The van der Waals surface area contributed by atoms with Crippen LogP contribution in [0.5, 0.6) is 0 Å². The molecule has 0 aliphatic carbocycles. The van der Waals surface area contributed by atoms with Gasteiger partial charge in [0.25, 0.3) is 0 Å². The molecule has 0 spiro atoms. The molecule has 16 heavy (non-hydrogen) atoms. The quantitative estimate of drug-likeness (QED) is 0.818.